The zero-order valence-electron chi connectivity index (χ0n) is 10.2. The molecule has 0 atom stereocenters. The third-order valence-electron chi connectivity index (χ3n) is 3.55. The van der Waals surface area contributed by atoms with Crippen LogP contribution in [0, 0.1) is 12.3 Å². The molecular weight excluding hydrogens is 218 g/mol. The lowest BCUT2D eigenvalue weighted by atomic mass is 9.68. The Morgan fingerprint density at radius 1 is 1.53 bits per heavy atom. The molecule has 0 spiro atoms. The van der Waals surface area contributed by atoms with E-state index in [1.807, 2.05) is 19.1 Å². The van der Waals surface area contributed by atoms with Crippen molar-refractivity contribution in [2.45, 2.75) is 32.6 Å². The van der Waals surface area contributed by atoms with Crippen LogP contribution in [0.4, 0.5) is 0 Å². The van der Waals surface area contributed by atoms with Gasteiger partial charge in [0.2, 0.25) is 5.91 Å². The lowest BCUT2D eigenvalue weighted by Gasteiger charge is -2.38. The molecule has 1 aromatic heterocycles. The standard InChI is InChI=1S/C13H19NO3/c1-10-3-4-11(17-10)5-8-14-12(16)13(9-15)6-2-7-13/h3-4,15H,2,5-9H2,1H3,(H,14,16). The highest BCUT2D eigenvalue weighted by molar-refractivity contribution is 5.83. The van der Waals surface area contributed by atoms with Gasteiger partial charge in [-0.25, -0.2) is 0 Å². The first-order valence-electron chi connectivity index (χ1n) is 6.11. The van der Waals surface area contributed by atoms with Gasteiger partial charge >= 0.3 is 0 Å². The number of nitrogens with one attached hydrogen (secondary N) is 1. The molecule has 94 valence electrons. The molecule has 0 radical (unpaired) electrons. The lowest BCUT2D eigenvalue weighted by Crippen LogP contribution is -2.48. The van der Waals surface area contributed by atoms with Crippen molar-refractivity contribution < 1.29 is 14.3 Å². The molecule has 0 aromatic carbocycles. The number of rotatable bonds is 5. The van der Waals surface area contributed by atoms with Gasteiger partial charge in [0, 0.05) is 13.0 Å². The highest BCUT2D eigenvalue weighted by Crippen LogP contribution is 2.40. The summed E-state index contributed by atoms with van der Waals surface area (Å²) in [6, 6.07) is 3.84. The van der Waals surface area contributed by atoms with E-state index in [0.717, 1.165) is 30.8 Å². The zero-order valence-corrected chi connectivity index (χ0v) is 10.2. The Balaban J connectivity index is 1.77. The Kier molecular flexibility index (Phi) is 3.52. The van der Waals surface area contributed by atoms with Crippen LogP contribution in [0.5, 0.6) is 0 Å². The molecule has 0 unspecified atom stereocenters. The molecule has 1 saturated carbocycles. The molecule has 0 aliphatic heterocycles. The monoisotopic (exact) mass is 237 g/mol. The number of aliphatic hydroxyl groups is 1. The van der Waals surface area contributed by atoms with Crippen molar-refractivity contribution in [2.75, 3.05) is 13.2 Å². The Bertz CT molecular complexity index is 388. The SMILES string of the molecule is Cc1ccc(CCNC(=O)C2(CO)CCC2)o1. The summed E-state index contributed by atoms with van der Waals surface area (Å²) in [5, 5.41) is 12.1. The van der Waals surface area contributed by atoms with Crippen LogP contribution < -0.4 is 5.32 Å². The first-order valence-corrected chi connectivity index (χ1v) is 6.11. The molecule has 1 aliphatic rings. The van der Waals surface area contributed by atoms with Gasteiger partial charge in [-0.2, -0.15) is 0 Å². The Morgan fingerprint density at radius 3 is 2.76 bits per heavy atom. The second kappa shape index (κ2) is 4.92. The third kappa shape index (κ3) is 2.52. The molecule has 1 aliphatic carbocycles. The highest BCUT2D eigenvalue weighted by Gasteiger charge is 2.43. The molecule has 2 rings (SSSR count). The molecule has 2 N–H and O–H groups in total. The number of aliphatic hydroxyl groups excluding tert-OH is 1. The third-order valence-corrected chi connectivity index (χ3v) is 3.55. The van der Waals surface area contributed by atoms with E-state index in [0.29, 0.717) is 13.0 Å². The molecule has 4 heteroatoms. The molecule has 1 heterocycles. The summed E-state index contributed by atoms with van der Waals surface area (Å²) < 4.78 is 5.42. The fraction of sp³-hybridized carbons (Fsp3) is 0.615. The predicted molar refractivity (Wildman–Crippen MR) is 63.5 cm³/mol. The molecule has 1 fully saturated rings. The first-order chi connectivity index (χ1) is 8.16. The number of carbonyl (C=O) groups is 1. The number of furan rings is 1. The predicted octanol–water partition coefficient (Wildman–Crippen LogP) is 1.41. The summed E-state index contributed by atoms with van der Waals surface area (Å²) in [6.45, 7) is 2.42. The summed E-state index contributed by atoms with van der Waals surface area (Å²) in [5.41, 5.74) is -0.501. The van der Waals surface area contributed by atoms with E-state index >= 15 is 0 Å². The van der Waals surface area contributed by atoms with E-state index in [9.17, 15) is 9.90 Å². The molecule has 0 bridgehead atoms. The Morgan fingerprint density at radius 2 is 2.29 bits per heavy atom. The van der Waals surface area contributed by atoms with E-state index < -0.39 is 5.41 Å². The number of hydrogen-bond donors (Lipinski definition) is 2. The molecule has 1 amide bonds. The van der Waals surface area contributed by atoms with Crippen LogP contribution in [0.15, 0.2) is 16.5 Å². The van der Waals surface area contributed by atoms with Gasteiger partial charge in [0.15, 0.2) is 0 Å². The van der Waals surface area contributed by atoms with Gasteiger partial charge in [0.1, 0.15) is 11.5 Å². The van der Waals surface area contributed by atoms with Gasteiger partial charge in [-0.15, -0.1) is 0 Å². The Labute approximate surface area is 101 Å². The lowest BCUT2D eigenvalue weighted by molar-refractivity contribution is -0.139. The van der Waals surface area contributed by atoms with Crippen molar-refractivity contribution in [1.29, 1.82) is 0 Å². The average Bonchev–Trinajstić information content (AvgIpc) is 2.63. The second-order valence-corrected chi connectivity index (χ2v) is 4.81. The fourth-order valence-corrected chi connectivity index (χ4v) is 2.17. The van der Waals surface area contributed by atoms with Crippen LogP contribution in [-0.4, -0.2) is 24.2 Å². The van der Waals surface area contributed by atoms with Crippen molar-refractivity contribution in [3.8, 4) is 0 Å². The average molecular weight is 237 g/mol. The van der Waals surface area contributed by atoms with Crippen LogP contribution >= 0.6 is 0 Å². The number of carbonyl (C=O) groups excluding carboxylic acids is 1. The summed E-state index contributed by atoms with van der Waals surface area (Å²) in [4.78, 5) is 11.9. The molecule has 17 heavy (non-hydrogen) atoms. The van der Waals surface area contributed by atoms with Gasteiger partial charge in [0.05, 0.1) is 12.0 Å². The van der Waals surface area contributed by atoms with E-state index in [2.05, 4.69) is 5.32 Å². The van der Waals surface area contributed by atoms with Gasteiger partial charge < -0.3 is 14.8 Å². The van der Waals surface area contributed by atoms with Crippen molar-refractivity contribution in [1.82, 2.24) is 5.32 Å². The quantitative estimate of drug-likeness (QED) is 0.814. The van der Waals surface area contributed by atoms with E-state index in [4.69, 9.17) is 4.42 Å². The maximum Gasteiger partial charge on any atom is 0.228 e. The van der Waals surface area contributed by atoms with Crippen molar-refractivity contribution >= 4 is 5.91 Å². The van der Waals surface area contributed by atoms with Gasteiger partial charge in [0.25, 0.3) is 0 Å². The summed E-state index contributed by atoms with van der Waals surface area (Å²) >= 11 is 0. The van der Waals surface area contributed by atoms with Crippen LogP contribution in [-0.2, 0) is 11.2 Å². The molecule has 4 nitrogen and oxygen atoms in total. The van der Waals surface area contributed by atoms with Crippen molar-refractivity contribution in [2.24, 2.45) is 5.41 Å². The van der Waals surface area contributed by atoms with Crippen LogP contribution in [0.3, 0.4) is 0 Å². The first kappa shape index (κ1) is 12.2. The summed E-state index contributed by atoms with van der Waals surface area (Å²) in [6.07, 6.45) is 3.33. The van der Waals surface area contributed by atoms with E-state index in [-0.39, 0.29) is 12.5 Å². The summed E-state index contributed by atoms with van der Waals surface area (Å²) in [5.74, 6) is 1.75. The zero-order chi connectivity index (χ0) is 12.3. The number of aryl methyl sites for hydroxylation is 1. The molecule has 0 saturated heterocycles. The second-order valence-electron chi connectivity index (χ2n) is 4.81. The van der Waals surface area contributed by atoms with Gasteiger partial charge in [-0.3, -0.25) is 4.79 Å². The maximum absolute atomic E-state index is 11.9. The maximum atomic E-state index is 11.9. The fourth-order valence-electron chi connectivity index (χ4n) is 2.17. The minimum Gasteiger partial charge on any atom is -0.466 e. The van der Waals surface area contributed by atoms with Crippen molar-refractivity contribution in [3.05, 3.63) is 23.7 Å². The van der Waals surface area contributed by atoms with Gasteiger partial charge in [-0.1, -0.05) is 6.42 Å². The minimum atomic E-state index is -0.501. The van der Waals surface area contributed by atoms with Gasteiger partial charge in [-0.05, 0) is 31.9 Å². The van der Waals surface area contributed by atoms with Crippen LogP contribution in [0.2, 0.25) is 0 Å². The topological polar surface area (TPSA) is 62.5 Å². The van der Waals surface area contributed by atoms with Crippen LogP contribution in [0.1, 0.15) is 30.8 Å². The number of amides is 1. The van der Waals surface area contributed by atoms with Crippen LogP contribution in [0.25, 0.3) is 0 Å². The largest absolute Gasteiger partial charge is 0.466 e. The smallest absolute Gasteiger partial charge is 0.228 e. The number of hydrogen-bond acceptors (Lipinski definition) is 3. The molecule has 1 aromatic rings. The van der Waals surface area contributed by atoms with Crippen molar-refractivity contribution in [3.63, 3.8) is 0 Å². The molecular formula is C13H19NO3. The highest BCUT2D eigenvalue weighted by atomic mass is 16.3. The normalized spacial score (nSPS) is 17.5. The van der Waals surface area contributed by atoms with E-state index in [1.54, 1.807) is 0 Å². The Hall–Kier alpha value is -1.29. The van der Waals surface area contributed by atoms with E-state index in [1.165, 1.54) is 0 Å². The summed E-state index contributed by atoms with van der Waals surface area (Å²) in [7, 11) is 0. The minimum absolute atomic E-state index is 0.0190.